The van der Waals surface area contributed by atoms with E-state index < -0.39 is 16.1 Å². The van der Waals surface area contributed by atoms with Crippen LogP contribution < -0.4 is 67.7 Å². The van der Waals surface area contributed by atoms with Crippen molar-refractivity contribution in [1.29, 1.82) is 0 Å². The van der Waals surface area contributed by atoms with Crippen molar-refractivity contribution in [3.05, 3.63) is 388 Å². The van der Waals surface area contributed by atoms with Gasteiger partial charge in [0.05, 0.1) is 22.4 Å². The molecule has 100 heavy (non-hydrogen) atoms. The molecule has 16 aromatic rings. The van der Waals surface area contributed by atoms with Gasteiger partial charge in [-0.3, -0.25) is 0 Å². The van der Waals surface area contributed by atoms with Crippen molar-refractivity contribution < 1.29 is 0 Å². The third kappa shape index (κ3) is 9.68. The van der Waals surface area contributed by atoms with Crippen LogP contribution in [0, 0.1) is 0 Å². The molecule has 0 fully saturated rings. The number of hydrogen-bond acceptors (Lipinski definition) is 2. The van der Waals surface area contributed by atoms with E-state index in [0.717, 1.165) is 73.1 Å². The van der Waals surface area contributed by atoms with Crippen molar-refractivity contribution in [1.82, 2.24) is 4.57 Å². The Balaban J connectivity index is 1.01. The van der Waals surface area contributed by atoms with E-state index in [4.69, 9.17) is 0 Å². The first kappa shape index (κ1) is 60.6. The second kappa shape index (κ2) is 24.6. The molecule has 0 aliphatic carbocycles. The van der Waals surface area contributed by atoms with Crippen molar-refractivity contribution >= 4 is 137 Å². The van der Waals surface area contributed by atoms with Gasteiger partial charge < -0.3 is 14.4 Å². The van der Waals surface area contributed by atoms with E-state index in [1.54, 1.807) is 0 Å². The standard InChI is InChI=1S/C94H72BN3Si2/c1-94(2,3)69-59-57-68(58-60-69)81-52-32-51-80(67-33-11-4-12-34-67)93(81)98-88-56-30-27-53-84(88)95-85-62-61-79(100(75-42-19-8-20-43-75,76-44-21-9-22-45-76)77-46-23-10-24-47-77)66-89(85)96(90-64-71(65-91(98)92(90)95)97-86-54-28-25-49-82(86)83-50-26-29-55-87(83)97)70-35-31-48-78(63-70)99(72-36-13-5-14-37-72,73-38-15-6-16-39-73)74-40-17-7-18-41-74/h4-66H,1-3H3. The number of aromatic nitrogens is 1. The summed E-state index contributed by atoms with van der Waals surface area (Å²) in [4.78, 5) is 5.37. The first-order chi connectivity index (χ1) is 49.3. The first-order valence-electron chi connectivity index (χ1n) is 35.0. The molecule has 0 saturated heterocycles. The lowest BCUT2D eigenvalue weighted by Crippen LogP contribution is -2.75. The fourth-order valence-corrected chi connectivity index (χ4v) is 26.6. The molecular formula is C94H72BN3Si2. The predicted octanol–water partition coefficient (Wildman–Crippen LogP) is 16.3. The van der Waals surface area contributed by atoms with Crippen LogP contribution in [0.4, 0.5) is 34.1 Å². The topological polar surface area (TPSA) is 11.4 Å². The fraction of sp³-hybridized carbons (Fsp3) is 0.0426. The summed E-state index contributed by atoms with van der Waals surface area (Å²) in [6.45, 7) is 6.72. The van der Waals surface area contributed by atoms with Gasteiger partial charge in [0.15, 0.2) is 16.1 Å². The number of hydrogen-bond donors (Lipinski definition) is 0. The predicted molar refractivity (Wildman–Crippen MR) is 432 cm³/mol. The third-order valence-electron chi connectivity index (χ3n) is 21.4. The largest absolute Gasteiger partial charge is 0.311 e. The van der Waals surface area contributed by atoms with E-state index in [1.165, 1.54) is 74.2 Å². The second-order valence-electron chi connectivity index (χ2n) is 27.8. The van der Waals surface area contributed by atoms with Crippen LogP contribution >= 0.6 is 0 Å². The Hall–Kier alpha value is -11.8. The minimum atomic E-state index is -3.15. The van der Waals surface area contributed by atoms with Crippen molar-refractivity contribution in [2.24, 2.45) is 0 Å². The lowest BCUT2D eigenvalue weighted by atomic mass is 9.33. The smallest absolute Gasteiger partial charge is 0.252 e. The molecule has 18 rings (SSSR count). The van der Waals surface area contributed by atoms with Gasteiger partial charge in [-0.05, 0) is 129 Å². The summed E-state index contributed by atoms with van der Waals surface area (Å²) < 4.78 is 2.54. The maximum Gasteiger partial charge on any atom is 0.252 e. The Morgan fingerprint density at radius 2 is 0.660 bits per heavy atom. The molecule has 474 valence electrons. The van der Waals surface area contributed by atoms with Gasteiger partial charge in [-0.15, -0.1) is 0 Å². The molecule has 0 radical (unpaired) electrons. The minimum absolute atomic E-state index is 0.0223. The molecule has 6 heteroatoms. The molecule has 1 aromatic heterocycles. The average molecular weight is 1310 g/mol. The van der Waals surface area contributed by atoms with E-state index in [9.17, 15) is 0 Å². The summed E-state index contributed by atoms with van der Waals surface area (Å²) in [5, 5.41) is 13.0. The summed E-state index contributed by atoms with van der Waals surface area (Å²) in [5.74, 6) is 0. The summed E-state index contributed by atoms with van der Waals surface area (Å²) in [7, 11) is -6.26. The summed E-state index contributed by atoms with van der Waals surface area (Å²) in [6.07, 6.45) is 0. The molecule has 0 N–H and O–H groups in total. The highest BCUT2D eigenvalue weighted by Crippen LogP contribution is 2.51. The third-order valence-corrected chi connectivity index (χ3v) is 31.0. The molecule has 0 bridgehead atoms. The molecule has 0 atom stereocenters. The highest BCUT2D eigenvalue weighted by molar-refractivity contribution is 7.20. The first-order valence-corrected chi connectivity index (χ1v) is 39.0. The SMILES string of the molecule is CC(C)(C)c1ccc(-c2cccc(-c3ccccc3)c2N2c3ccccc3B3c4ccc([Si](c5ccccc5)(c5ccccc5)c5ccccc5)cc4N(c4cccc([Si](c5ccccc5)(c5ccccc5)c5ccccc5)c4)c4cc(-n5c6ccccc6c6ccccc65)cc2c43)cc1. The van der Waals surface area contributed by atoms with Crippen LogP contribution in [-0.4, -0.2) is 27.4 Å². The number of rotatable bonds is 13. The van der Waals surface area contributed by atoms with Gasteiger partial charge in [0, 0.05) is 50.3 Å². The van der Waals surface area contributed by atoms with Gasteiger partial charge in [0.25, 0.3) is 6.71 Å². The molecule has 15 aromatic carbocycles. The lowest BCUT2D eigenvalue weighted by Gasteiger charge is -2.46. The Morgan fingerprint density at radius 1 is 0.270 bits per heavy atom. The summed E-state index contributed by atoms with van der Waals surface area (Å²) in [5.41, 5.74) is 19.8. The average Bonchev–Trinajstić information content (AvgIpc) is 0.817. The van der Waals surface area contributed by atoms with Gasteiger partial charge in [0.2, 0.25) is 0 Å². The molecule has 3 nitrogen and oxygen atoms in total. The van der Waals surface area contributed by atoms with E-state index >= 15 is 0 Å². The lowest BCUT2D eigenvalue weighted by molar-refractivity contribution is 0.590. The Bertz CT molecular complexity index is 5460. The highest BCUT2D eigenvalue weighted by atomic mass is 28.3. The highest BCUT2D eigenvalue weighted by Gasteiger charge is 2.48. The number of fused-ring (bicyclic) bond motifs is 7. The monoisotopic (exact) mass is 1310 g/mol. The molecule has 0 spiro atoms. The molecule has 2 aliphatic heterocycles. The zero-order chi connectivity index (χ0) is 66.9. The Labute approximate surface area is 589 Å². The molecule has 0 amide bonds. The normalized spacial score (nSPS) is 12.7. The van der Waals surface area contributed by atoms with Crippen LogP contribution in [0.1, 0.15) is 26.3 Å². The van der Waals surface area contributed by atoms with Crippen LogP contribution in [0.25, 0.3) is 49.7 Å². The van der Waals surface area contributed by atoms with E-state index in [1.807, 2.05) is 0 Å². The molecule has 3 heterocycles. The van der Waals surface area contributed by atoms with E-state index in [2.05, 4.69) is 417 Å². The van der Waals surface area contributed by atoms with Gasteiger partial charge in [0.1, 0.15) is 0 Å². The fourth-order valence-electron chi connectivity index (χ4n) is 17.0. The number of para-hydroxylation sites is 4. The van der Waals surface area contributed by atoms with Crippen LogP contribution in [0.15, 0.2) is 382 Å². The van der Waals surface area contributed by atoms with Gasteiger partial charge in [-0.1, -0.05) is 354 Å². The maximum absolute atomic E-state index is 3.15. The van der Waals surface area contributed by atoms with Crippen LogP contribution in [-0.2, 0) is 5.41 Å². The Kier molecular flexibility index (Phi) is 14.9. The number of nitrogens with zero attached hydrogens (tertiary/aromatic N) is 3. The number of anilines is 6. The van der Waals surface area contributed by atoms with Crippen LogP contribution in [0.2, 0.25) is 0 Å². The Morgan fingerprint density at radius 3 is 1.15 bits per heavy atom. The molecule has 0 unspecified atom stereocenters. The van der Waals surface area contributed by atoms with Crippen LogP contribution in [0.3, 0.4) is 0 Å². The molecule has 0 saturated carbocycles. The van der Waals surface area contributed by atoms with Gasteiger partial charge in [-0.2, -0.15) is 0 Å². The molecular weight excluding hydrogens is 1240 g/mol. The van der Waals surface area contributed by atoms with Gasteiger partial charge in [-0.25, -0.2) is 0 Å². The number of benzene rings is 15. The second-order valence-corrected chi connectivity index (χ2v) is 35.5. The summed E-state index contributed by atoms with van der Waals surface area (Å²) >= 11 is 0. The van der Waals surface area contributed by atoms with Crippen molar-refractivity contribution in [3.8, 4) is 27.9 Å². The zero-order valence-electron chi connectivity index (χ0n) is 56.3. The summed E-state index contributed by atoms with van der Waals surface area (Å²) in [6, 6.07) is 146. The minimum Gasteiger partial charge on any atom is -0.311 e. The van der Waals surface area contributed by atoms with Crippen molar-refractivity contribution in [3.63, 3.8) is 0 Å². The zero-order valence-corrected chi connectivity index (χ0v) is 58.3. The van der Waals surface area contributed by atoms with E-state index in [-0.39, 0.29) is 12.1 Å². The quantitative estimate of drug-likeness (QED) is 0.0842. The van der Waals surface area contributed by atoms with Crippen molar-refractivity contribution in [2.45, 2.75) is 26.2 Å². The van der Waals surface area contributed by atoms with Gasteiger partial charge >= 0.3 is 0 Å². The molecule has 2 aliphatic rings. The van der Waals surface area contributed by atoms with Crippen molar-refractivity contribution in [2.75, 3.05) is 9.80 Å². The van der Waals surface area contributed by atoms with Crippen LogP contribution in [0.5, 0.6) is 0 Å². The maximum atomic E-state index is 2.71. The van der Waals surface area contributed by atoms with E-state index in [0.29, 0.717) is 0 Å².